The molecular formula is C15H22N2O2. The van der Waals surface area contributed by atoms with E-state index in [0.29, 0.717) is 6.54 Å². The molecule has 0 spiro atoms. The van der Waals surface area contributed by atoms with E-state index < -0.39 is 11.4 Å². The molecule has 0 atom stereocenters. The first-order chi connectivity index (χ1) is 8.99. The van der Waals surface area contributed by atoms with E-state index in [2.05, 4.69) is 34.1 Å². The van der Waals surface area contributed by atoms with Gasteiger partial charge in [-0.3, -0.25) is 9.69 Å². The molecule has 2 rings (SSSR count). The maximum atomic E-state index is 11.1. The molecular weight excluding hydrogens is 240 g/mol. The van der Waals surface area contributed by atoms with Gasteiger partial charge in [0.25, 0.3) is 0 Å². The number of anilines is 1. The molecule has 0 amide bonds. The lowest BCUT2D eigenvalue weighted by molar-refractivity contribution is -0.148. The lowest BCUT2D eigenvalue weighted by Gasteiger charge is -2.38. The quantitative estimate of drug-likeness (QED) is 0.900. The van der Waals surface area contributed by atoms with Crippen molar-refractivity contribution in [2.45, 2.75) is 13.8 Å². The lowest BCUT2D eigenvalue weighted by atomic mass is 9.93. The normalized spacial score (nSPS) is 17.5. The fourth-order valence-electron chi connectivity index (χ4n) is 2.43. The van der Waals surface area contributed by atoms with Gasteiger partial charge in [0.05, 0.1) is 5.41 Å². The number of para-hydroxylation sites is 1. The highest BCUT2D eigenvalue weighted by Gasteiger charge is 2.31. The molecule has 0 radical (unpaired) electrons. The summed E-state index contributed by atoms with van der Waals surface area (Å²) in [6.07, 6.45) is 0. The van der Waals surface area contributed by atoms with Gasteiger partial charge in [0.2, 0.25) is 0 Å². The highest BCUT2D eigenvalue weighted by atomic mass is 16.4. The van der Waals surface area contributed by atoms with Gasteiger partial charge in [-0.2, -0.15) is 0 Å². The number of carbonyl (C=O) groups is 1. The number of nitrogens with zero attached hydrogens (tertiary/aromatic N) is 2. The Morgan fingerprint density at radius 1 is 1.16 bits per heavy atom. The first-order valence-corrected chi connectivity index (χ1v) is 6.75. The van der Waals surface area contributed by atoms with Crippen molar-refractivity contribution in [2.24, 2.45) is 5.41 Å². The number of piperazine rings is 1. The van der Waals surface area contributed by atoms with Crippen LogP contribution >= 0.6 is 0 Å². The summed E-state index contributed by atoms with van der Waals surface area (Å²) in [5.74, 6) is -0.724. The minimum atomic E-state index is -0.724. The summed E-state index contributed by atoms with van der Waals surface area (Å²) in [4.78, 5) is 15.7. The number of carboxylic acid groups (broad SMARTS) is 1. The zero-order valence-corrected chi connectivity index (χ0v) is 11.7. The number of hydrogen-bond acceptors (Lipinski definition) is 3. The standard InChI is InChI=1S/C15H22N2O2/c1-15(2,14(18)19)12-16-8-10-17(11-9-16)13-6-4-3-5-7-13/h3-7H,8-12H2,1-2H3,(H,18,19). The number of hydrogen-bond donors (Lipinski definition) is 1. The molecule has 1 fully saturated rings. The molecule has 0 aromatic heterocycles. The van der Waals surface area contributed by atoms with E-state index in [1.807, 2.05) is 6.07 Å². The van der Waals surface area contributed by atoms with E-state index in [9.17, 15) is 4.79 Å². The first kappa shape index (κ1) is 13.9. The number of rotatable bonds is 4. The number of carboxylic acids is 1. The van der Waals surface area contributed by atoms with Crippen LogP contribution in [0.25, 0.3) is 0 Å². The molecule has 0 unspecified atom stereocenters. The van der Waals surface area contributed by atoms with Gasteiger partial charge in [0.15, 0.2) is 0 Å². The van der Waals surface area contributed by atoms with Gasteiger partial charge in [-0.1, -0.05) is 18.2 Å². The second-order valence-electron chi connectivity index (χ2n) is 5.79. The SMILES string of the molecule is CC(C)(CN1CCN(c2ccccc2)CC1)C(=O)O. The first-order valence-electron chi connectivity index (χ1n) is 6.75. The van der Waals surface area contributed by atoms with Crippen molar-refractivity contribution >= 4 is 11.7 Å². The highest BCUT2D eigenvalue weighted by Crippen LogP contribution is 2.20. The molecule has 1 N–H and O–H groups in total. The third kappa shape index (κ3) is 3.47. The zero-order chi connectivity index (χ0) is 13.9. The van der Waals surface area contributed by atoms with Gasteiger partial charge in [-0.25, -0.2) is 0 Å². The van der Waals surface area contributed by atoms with Crippen LogP contribution in [0.15, 0.2) is 30.3 Å². The third-order valence-corrected chi connectivity index (χ3v) is 3.69. The molecule has 1 aromatic carbocycles. The highest BCUT2D eigenvalue weighted by molar-refractivity contribution is 5.73. The molecule has 1 aliphatic rings. The summed E-state index contributed by atoms with van der Waals surface area (Å²) in [5, 5.41) is 9.16. The van der Waals surface area contributed by atoms with Crippen LogP contribution in [0.1, 0.15) is 13.8 Å². The van der Waals surface area contributed by atoms with E-state index in [4.69, 9.17) is 5.11 Å². The van der Waals surface area contributed by atoms with Gasteiger partial charge in [0.1, 0.15) is 0 Å². The molecule has 4 heteroatoms. The van der Waals surface area contributed by atoms with Gasteiger partial charge in [0, 0.05) is 38.4 Å². The average molecular weight is 262 g/mol. The Hall–Kier alpha value is -1.55. The van der Waals surface area contributed by atoms with Crippen LogP contribution in [-0.4, -0.2) is 48.7 Å². The fraction of sp³-hybridized carbons (Fsp3) is 0.533. The van der Waals surface area contributed by atoms with Crippen LogP contribution in [0.4, 0.5) is 5.69 Å². The van der Waals surface area contributed by atoms with E-state index in [0.717, 1.165) is 26.2 Å². The van der Waals surface area contributed by atoms with Crippen molar-refractivity contribution in [3.05, 3.63) is 30.3 Å². The van der Waals surface area contributed by atoms with Crippen LogP contribution in [0.3, 0.4) is 0 Å². The molecule has 1 aromatic rings. The molecule has 0 saturated carbocycles. The molecule has 0 aliphatic carbocycles. The second kappa shape index (κ2) is 5.61. The topological polar surface area (TPSA) is 43.8 Å². The Morgan fingerprint density at radius 3 is 2.26 bits per heavy atom. The van der Waals surface area contributed by atoms with E-state index >= 15 is 0 Å². The summed E-state index contributed by atoms with van der Waals surface area (Å²) in [7, 11) is 0. The van der Waals surface area contributed by atoms with Crippen molar-refractivity contribution in [1.82, 2.24) is 4.90 Å². The van der Waals surface area contributed by atoms with Gasteiger partial charge in [-0.05, 0) is 26.0 Å². The Labute approximate surface area is 114 Å². The smallest absolute Gasteiger partial charge is 0.310 e. The van der Waals surface area contributed by atoms with Gasteiger partial charge < -0.3 is 10.0 Å². The Morgan fingerprint density at radius 2 is 1.74 bits per heavy atom. The summed E-state index contributed by atoms with van der Waals surface area (Å²) in [6, 6.07) is 10.4. The van der Waals surface area contributed by atoms with Crippen molar-refractivity contribution in [3.63, 3.8) is 0 Å². The summed E-state index contributed by atoms with van der Waals surface area (Å²) >= 11 is 0. The second-order valence-corrected chi connectivity index (χ2v) is 5.79. The van der Waals surface area contributed by atoms with Gasteiger partial charge in [-0.15, -0.1) is 0 Å². The predicted octanol–water partition coefficient (Wildman–Crippen LogP) is 1.92. The summed E-state index contributed by atoms with van der Waals surface area (Å²) in [5.41, 5.74) is 0.578. The fourth-order valence-corrected chi connectivity index (χ4v) is 2.43. The molecule has 1 saturated heterocycles. The summed E-state index contributed by atoms with van der Waals surface area (Å²) in [6.45, 7) is 7.96. The lowest BCUT2D eigenvalue weighted by Crippen LogP contribution is -2.50. The molecule has 104 valence electrons. The average Bonchev–Trinajstić information content (AvgIpc) is 2.40. The van der Waals surface area contributed by atoms with E-state index in [1.165, 1.54) is 5.69 Å². The Balaban J connectivity index is 1.88. The Bertz CT molecular complexity index is 423. The zero-order valence-electron chi connectivity index (χ0n) is 11.7. The van der Waals surface area contributed by atoms with Crippen molar-refractivity contribution in [3.8, 4) is 0 Å². The number of benzene rings is 1. The molecule has 0 bridgehead atoms. The van der Waals surface area contributed by atoms with E-state index in [1.54, 1.807) is 13.8 Å². The minimum Gasteiger partial charge on any atom is -0.481 e. The van der Waals surface area contributed by atoms with Crippen molar-refractivity contribution in [2.75, 3.05) is 37.6 Å². The summed E-state index contributed by atoms with van der Waals surface area (Å²) < 4.78 is 0. The van der Waals surface area contributed by atoms with Crippen LogP contribution < -0.4 is 4.90 Å². The largest absolute Gasteiger partial charge is 0.481 e. The third-order valence-electron chi connectivity index (χ3n) is 3.69. The molecule has 19 heavy (non-hydrogen) atoms. The van der Waals surface area contributed by atoms with Crippen molar-refractivity contribution in [1.29, 1.82) is 0 Å². The monoisotopic (exact) mass is 262 g/mol. The minimum absolute atomic E-state index is 0.616. The Kier molecular flexibility index (Phi) is 4.10. The maximum absolute atomic E-state index is 11.1. The molecule has 4 nitrogen and oxygen atoms in total. The maximum Gasteiger partial charge on any atom is 0.310 e. The number of aliphatic carboxylic acids is 1. The van der Waals surface area contributed by atoms with Gasteiger partial charge >= 0.3 is 5.97 Å². The van der Waals surface area contributed by atoms with Crippen LogP contribution in [0, 0.1) is 5.41 Å². The predicted molar refractivity (Wildman–Crippen MR) is 76.5 cm³/mol. The van der Waals surface area contributed by atoms with Crippen LogP contribution in [0.5, 0.6) is 0 Å². The van der Waals surface area contributed by atoms with E-state index in [-0.39, 0.29) is 0 Å². The van der Waals surface area contributed by atoms with Crippen LogP contribution in [-0.2, 0) is 4.79 Å². The molecule has 1 aliphatic heterocycles. The molecule has 1 heterocycles. The van der Waals surface area contributed by atoms with Crippen molar-refractivity contribution < 1.29 is 9.90 Å². The van der Waals surface area contributed by atoms with Crippen LogP contribution in [0.2, 0.25) is 0 Å².